The van der Waals surface area contributed by atoms with Crippen LogP contribution in [0, 0.1) is 11.3 Å². The van der Waals surface area contributed by atoms with Gasteiger partial charge in [-0.2, -0.15) is 14.0 Å². The molecule has 1 heterocycles. The van der Waals surface area contributed by atoms with Crippen molar-refractivity contribution in [3.8, 4) is 22.9 Å². The van der Waals surface area contributed by atoms with Crippen LogP contribution in [0.25, 0.3) is 22.1 Å². The molecule has 2 bridgehead atoms. The van der Waals surface area contributed by atoms with Crippen molar-refractivity contribution >= 4 is 16.9 Å². The van der Waals surface area contributed by atoms with E-state index < -0.39 is 17.8 Å². The third-order valence-electron chi connectivity index (χ3n) is 6.57. The van der Waals surface area contributed by atoms with E-state index in [0.717, 1.165) is 12.8 Å². The number of benzene rings is 2. The molecule has 5 rings (SSSR count). The van der Waals surface area contributed by atoms with Crippen LogP contribution in [0.3, 0.4) is 0 Å². The number of ether oxygens (including phenoxy) is 1. The number of hydrogen-bond donors (Lipinski definition) is 2. The normalized spacial score (nSPS) is 24.1. The lowest BCUT2D eigenvalue weighted by molar-refractivity contribution is -0.0494. The number of amides is 1. The van der Waals surface area contributed by atoms with Gasteiger partial charge in [0.25, 0.3) is 5.91 Å². The fourth-order valence-electron chi connectivity index (χ4n) is 5.04. The van der Waals surface area contributed by atoms with Crippen LogP contribution >= 0.6 is 0 Å². The number of halogens is 2. The Balaban J connectivity index is 1.52. The summed E-state index contributed by atoms with van der Waals surface area (Å²) in [5.74, 6) is -0.381. The lowest BCUT2D eigenvalue weighted by Crippen LogP contribution is -2.44. The molecule has 2 aromatic carbocycles. The Labute approximate surface area is 182 Å². The molecule has 2 saturated carbocycles. The Morgan fingerprint density at radius 3 is 2.59 bits per heavy atom. The summed E-state index contributed by atoms with van der Waals surface area (Å²) in [6, 6.07) is 12.9. The molecule has 2 aliphatic carbocycles. The van der Waals surface area contributed by atoms with E-state index in [1.165, 1.54) is 18.2 Å². The number of para-hydroxylation sites is 1. The van der Waals surface area contributed by atoms with Crippen LogP contribution in [0.5, 0.6) is 5.75 Å². The smallest absolute Gasteiger partial charge is 0.387 e. The summed E-state index contributed by atoms with van der Waals surface area (Å²) in [7, 11) is 0. The molecule has 0 radical (unpaired) electrons. The van der Waals surface area contributed by atoms with Crippen molar-refractivity contribution in [2.24, 2.45) is 0 Å². The van der Waals surface area contributed by atoms with Crippen molar-refractivity contribution in [1.29, 1.82) is 5.26 Å². The van der Waals surface area contributed by atoms with Crippen molar-refractivity contribution in [3.63, 3.8) is 0 Å². The van der Waals surface area contributed by atoms with E-state index >= 15 is 0 Å². The first kappa shape index (κ1) is 20.5. The molecule has 1 aromatic heterocycles. The first-order chi connectivity index (χ1) is 15.3. The monoisotopic (exact) mass is 438 g/mol. The lowest BCUT2D eigenvalue weighted by Gasteiger charge is -2.27. The van der Waals surface area contributed by atoms with Crippen LogP contribution in [0.1, 0.15) is 48.2 Å². The molecule has 32 heavy (non-hydrogen) atoms. The molecule has 8 heteroatoms. The lowest BCUT2D eigenvalue weighted by atomic mass is 9.92. The number of rotatable bonds is 5. The SMILES string of the molecule is N#Cc1ccc(OC(F)F)c(-c2cccc3cc(C(=O)NC45CCC(O)(CC4)C5)oc23)c1. The number of nitriles is 1. The van der Waals surface area contributed by atoms with Crippen LogP contribution in [0.15, 0.2) is 46.9 Å². The number of nitrogens with zero attached hydrogens (tertiary/aromatic N) is 1. The summed E-state index contributed by atoms with van der Waals surface area (Å²) in [4.78, 5) is 13.0. The Hall–Kier alpha value is -3.44. The summed E-state index contributed by atoms with van der Waals surface area (Å²) < 4.78 is 36.4. The number of carbonyl (C=O) groups is 1. The highest BCUT2D eigenvalue weighted by Gasteiger charge is 2.54. The number of nitrogens with one attached hydrogen (secondary N) is 1. The zero-order valence-corrected chi connectivity index (χ0v) is 17.0. The van der Waals surface area contributed by atoms with Gasteiger partial charge in [-0.3, -0.25) is 4.79 Å². The maximum Gasteiger partial charge on any atom is 0.387 e. The molecule has 6 nitrogen and oxygen atoms in total. The quantitative estimate of drug-likeness (QED) is 0.599. The molecular formula is C24H20F2N2O4. The van der Waals surface area contributed by atoms with Gasteiger partial charge in [-0.1, -0.05) is 18.2 Å². The molecular weight excluding hydrogens is 418 g/mol. The topological polar surface area (TPSA) is 95.5 Å². The van der Waals surface area contributed by atoms with Crippen LogP contribution in [0.2, 0.25) is 0 Å². The van der Waals surface area contributed by atoms with E-state index in [1.54, 1.807) is 24.3 Å². The van der Waals surface area contributed by atoms with Crippen molar-refractivity contribution in [3.05, 3.63) is 53.8 Å². The average molecular weight is 438 g/mol. The van der Waals surface area contributed by atoms with Gasteiger partial charge in [-0.15, -0.1) is 0 Å². The molecule has 164 valence electrons. The highest BCUT2D eigenvalue weighted by atomic mass is 19.3. The molecule has 0 atom stereocenters. The second-order valence-corrected chi connectivity index (χ2v) is 8.67. The molecule has 2 aliphatic rings. The maximum atomic E-state index is 13.0. The van der Waals surface area contributed by atoms with Crippen LogP contribution in [-0.4, -0.2) is 28.8 Å². The van der Waals surface area contributed by atoms with Crippen molar-refractivity contribution < 1.29 is 27.8 Å². The van der Waals surface area contributed by atoms with Gasteiger partial charge in [0.2, 0.25) is 0 Å². The fourth-order valence-corrected chi connectivity index (χ4v) is 5.04. The number of furan rings is 1. The number of carbonyl (C=O) groups excluding carboxylic acids is 1. The van der Waals surface area contributed by atoms with Gasteiger partial charge in [0, 0.05) is 22.1 Å². The third kappa shape index (κ3) is 3.49. The summed E-state index contributed by atoms with van der Waals surface area (Å²) in [5, 5.41) is 23.3. The second-order valence-electron chi connectivity index (χ2n) is 8.67. The summed E-state index contributed by atoms with van der Waals surface area (Å²) >= 11 is 0. The molecule has 2 N–H and O–H groups in total. The molecule has 0 spiro atoms. The summed E-state index contributed by atoms with van der Waals surface area (Å²) in [6.45, 7) is -3.03. The van der Waals surface area contributed by atoms with E-state index in [4.69, 9.17) is 4.42 Å². The van der Waals surface area contributed by atoms with Gasteiger partial charge in [-0.05, 0) is 56.4 Å². The Bertz CT molecular complexity index is 1250. The van der Waals surface area contributed by atoms with Crippen LogP contribution < -0.4 is 10.1 Å². The Morgan fingerprint density at radius 2 is 1.94 bits per heavy atom. The molecule has 1 amide bonds. The van der Waals surface area contributed by atoms with E-state index in [1.807, 2.05) is 6.07 Å². The van der Waals surface area contributed by atoms with E-state index in [2.05, 4.69) is 10.1 Å². The van der Waals surface area contributed by atoms with Gasteiger partial charge in [-0.25, -0.2) is 0 Å². The number of alkyl halides is 2. The van der Waals surface area contributed by atoms with Gasteiger partial charge < -0.3 is 19.6 Å². The number of aliphatic hydroxyl groups is 1. The zero-order chi connectivity index (χ0) is 22.5. The van der Waals surface area contributed by atoms with Gasteiger partial charge in [0.15, 0.2) is 5.76 Å². The molecule has 2 fully saturated rings. The van der Waals surface area contributed by atoms with Crippen molar-refractivity contribution in [2.45, 2.75) is 49.9 Å². The molecule has 0 unspecified atom stereocenters. The standard InChI is InChI=1S/C24H20F2N2O4/c25-22(26)32-18-5-4-14(12-27)10-17(18)16-3-1-2-15-11-19(31-20(15)16)21(29)28-23-6-8-24(30,13-23)9-7-23/h1-5,10-11,22,30H,6-9,13H2,(H,28,29). The maximum absolute atomic E-state index is 13.0. The van der Waals surface area contributed by atoms with E-state index in [9.17, 15) is 23.9 Å². The Morgan fingerprint density at radius 1 is 1.16 bits per heavy atom. The second kappa shape index (κ2) is 7.31. The molecule has 3 aromatic rings. The molecule has 0 aliphatic heterocycles. The minimum Gasteiger partial charge on any atom is -0.450 e. The highest BCUT2D eigenvalue weighted by molar-refractivity contribution is 6.01. The third-order valence-corrected chi connectivity index (χ3v) is 6.57. The fraction of sp³-hybridized carbons (Fsp3) is 0.333. The number of fused-ring (bicyclic) bond motifs is 3. The van der Waals surface area contributed by atoms with Crippen molar-refractivity contribution in [2.75, 3.05) is 0 Å². The minimum atomic E-state index is -3.03. The van der Waals surface area contributed by atoms with Gasteiger partial charge >= 0.3 is 6.61 Å². The van der Waals surface area contributed by atoms with Gasteiger partial charge in [0.1, 0.15) is 11.3 Å². The average Bonchev–Trinajstić information content (AvgIpc) is 3.43. The first-order valence-electron chi connectivity index (χ1n) is 10.4. The van der Waals surface area contributed by atoms with Gasteiger partial charge in [0.05, 0.1) is 17.2 Å². The largest absolute Gasteiger partial charge is 0.450 e. The van der Waals surface area contributed by atoms with Crippen LogP contribution in [-0.2, 0) is 0 Å². The van der Waals surface area contributed by atoms with Crippen molar-refractivity contribution in [1.82, 2.24) is 5.32 Å². The van der Waals surface area contributed by atoms with E-state index in [-0.39, 0.29) is 28.5 Å². The highest BCUT2D eigenvalue weighted by Crippen LogP contribution is 2.50. The predicted molar refractivity (Wildman–Crippen MR) is 111 cm³/mol. The first-order valence-corrected chi connectivity index (χ1v) is 10.4. The molecule has 0 saturated heterocycles. The van der Waals surface area contributed by atoms with Crippen LogP contribution in [0.4, 0.5) is 8.78 Å². The Kier molecular flexibility index (Phi) is 4.68. The summed E-state index contributed by atoms with van der Waals surface area (Å²) in [6.07, 6.45) is 3.30. The number of hydrogen-bond acceptors (Lipinski definition) is 5. The zero-order valence-electron chi connectivity index (χ0n) is 17.0. The minimum absolute atomic E-state index is 0.0935. The predicted octanol–water partition coefficient (Wildman–Crippen LogP) is 4.75. The summed E-state index contributed by atoms with van der Waals surface area (Å²) in [5.41, 5.74) is 0.194. The van der Waals surface area contributed by atoms with E-state index in [0.29, 0.717) is 35.8 Å².